The topological polar surface area (TPSA) is 67.1 Å². The van der Waals surface area contributed by atoms with E-state index in [1.165, 1.54) is 4.88 Å². The monoisotopic (exact) mass is 306 g/mol. The van der Waals surface area contributed by atoms with Gasteiger partial charge in [0.1, 0.15) is 5.01 Å². The minimum atomic E-state index is 0.463. The van der Waals surface area contributed by atoms with Crippen molar-refractivity contribution >= 4 is 17.3 Å². The summed E-state index contributed by atoms with van der Waals surface area (Å²) in [5.74, 6) is 1.26. The quantitative estimate of drug-likeness (QED) is 0.629. The predicted octanol–water partition coefficient (Wildman–Crippen LogP) is 1.65. The van der Waals surface area contributed by atoms with Gasteiger partial charge in [0.15, 0.2) is 5.96 Å². The van der Waals surface area contributed by atoms with Crippen molar-refractivity contribution < 1.29 is 0 Å². The lowest BCUT2D eigenvalue weighted by Gasteiger charge is -2.15. The Hall–Kier alpha value is -1.89. The van der Waals surface area contributed by atoms with Crippen LogP contribution in [-0.4, -0.2) is 34.3 Å². The highest BCUT2D eigenvalue weighted by Crippen LogP contribution is 2.10. The van der Waals surface area contributed by atoms with Gasteiger partial charge in [0.2, 0.25) is 0 Å². The van der Waals surface area contributed by atoms with Crippen LogP contribution in [0.4, 0.5) is 0 Å². The third-order valence-corrected chi connectivity index (χ3v) is 3.89. The highest BCUT2D eigenvalue weighted by Gasteiger charge is 2.06. The average molecular weight is 306 g/mol. The summed E-state index contributed by atoms with van der Waals surface area (Å²) >= 11 is 1.70. The molecule has 0 amide bonds. The zero-order valence-electron chi connectivity index (χ0n) is 12.7. The first-order valence-electron chi connectivity index (χ1n) is 7.00. The Morgan fingerprint density at radius 2 is 2.33 bits per heavy atom. The lowest BCUT2D eigenvalue weighted by Crippen LogP contribution is -2.39. The highest BCUT2D eigenvalue weighted by atomic mass is 32.1. The molecule has 114 valence electrons. The number of aryl methyl sites for hydroxylation is 1. The van der Waals surface area contributed by atoms with Gasteiger partial charge in [-0.25, -0.2) is 4.98 Å². The molecule has 2 aromatic heterocycles. The van der Waals surface area contributed by atoms with Crippen LogP contribution in [0.1, 0.15) is 16.8 Å². The van der Waals surface area contributed by atoms with E-state index >= 15 is 0 Å². The van der Waals surface area contributed by atoms with Gasteiger partial charge < -0.3 is 10.6 Å². The molecule has 1 atom stereocenters. The molecular formula is C14H22N6S. The zero-order chi connectivity index (χ0) is 15.1. The summed E-state index contributed by atoms with van der Waals surface area (Å²) in [7, 11) is 1.78. The van der Waals surface area contributed by atoms with Crippen LogP contribution in [0.2, 0.25) is 0 Å². The summed E-state index contributed by atoms with van der Waals surface area (Å²) in [5, 5.41) is 11.9. The molecule has 0 aliphatic rings. The van der Waals surface area contributed by atoms with E-state index in [9.17, 15) is 0 Å². The molecule has 2 heterocycles. The number of aliphatic imine (C=N–C) groups is 1. The number of thiazole rings is 1. The molecule has 1 unspecified atom stereocenters. The molecule has 6 nitrogen and oxygen atoms in total. The van der Waals surface area contributed by atoms with Crippen LogP contribution in [0.5, 0.6) is 0 Å². The maximum atomic E-state index is 4.33. The van der Waals surface area contributed by atoms with Crippen LogP contribution < -0.4 is 10.6 Å². The van der Waals surface area contributed by atoms with Crippen LogP contribution in [0.15, 0.2) is 29.6 Å². The van der Waals surface area contributed by atoms with Crippen molar-refractivity contribution in [2.45, 2.75) is 26.9 Å². The Balaban J connectivity index is 1.72. The third-order valence-electron chi connectivity index (χ3n) is 2.98. The Bertz CT molecular complexity index is 560. The summed E-state index contributed by atoms with van der Waals surface area (Å²) in [6, 6.07) is 1.94. The number of hydrogen-bond donors (Lipinski definition) is 2. The smallest absolute Gasteiger partial charge is 0.191 e. The third kappa shape index (κ3) is 5.18. The van der Waals surface area contributed by atoms with Crippen LogP contribution in [0.25, 0.3) is 0 Å². The van der Waals surface area contributed by atoms with Gasteiger partial charge in [-0.1, -0.05) is 6.92 Å². The lowest BCUT2D eigenvalue weighted by molar-refractivity contribution is 0.443. The Labute approximate surface area is 129 Å². The fourth-order valence-corrected chi connectivity index (χ4v) is 2.65. The summed E-state index contributed by atoms with van der Waals surface area (Å²) < 4.78 is 1.95. The van der Waals surface area contributed by atoms with Gasteiger partial charge in [0, 0.05) is 43.6 Å². The fraction of sp³-hybridized carbons (Fsp3) is 0.500. The molecule has 0 saturated heterocycles. The summed E-state index contributed by atoms with van der Waals surface area (Å²) in [6.07, 6.45) is 5.68. The molecule has 2 N–H and O–H groups in total. The molecule has 0 radical (unpaired) electrons. The van der Waals surface area contributed by atoms with Crippen molar-refractivity contribution in [3.05, 3.63) is 34.5 Å². The molecule has 0 aliphatic carbocycles. The standard InChI is InChI=1S/C14H22N6S/c1-11(10-20-6-4-5-19-20)7-17-14(15-3)18-9-13-16-8-12(2)21-13/h4-6,8,11H,7,9-10H2,1-3H3,(H2,15,17,18). The molecule has 21 heavy (non-hydrogen) atoms. The second-order valence-corrected chi connectivity index (χ2v) is 6.32. The van der Waals surface area contributed by atoms with Gasteiger partial charge in [-0.3, -0.25) is 9.67 Å². The molecule has 0 bridgehead atoms. The molecular weight excluding hydrogens is 284 g/mol. The summed E-state index contributed by atoms with van der Waals surface area (Å²) in [5.41, 5.74) is 0. The van der Waals surface area contributed by atoms with E-state index in [0.29, 0.717) is 12.5 Å². The van der Waals surface area contributed by atoms with E-state index in [0.717, 1.165) is 24.1 Å². The van der Waals surface area contributed by atoms with Gasteiger partial charge in [-0.15, -0.1) is 11.3 Å². The zero-order valence-corrected chi connectivity index (χ0v) is 13.5. The van der Waals surface area contributed by atoms with Crippen molar-refractivity contribution in [1.29, 1.82) is 0 Å². The second-order valence-electron chi connectivity index (χ2n) is 5.00. The molecule has 2 aromatic rings. The minimum Gasteiger partial charge on any atom is -0.356 e. The SMILES string of the molecule is CN=C(NCc1ncc(C)s1)NCC(C)Cn1cccn1. The Morgan fingerprint density at radius 3 is 2.95 bits per heavy atom. The van der Waals surface area contributed by atoms with Crippen LogP contribution in [0.3, 0.4) is 0 Å². The van der Waals surface area contributed by atoms with Gasteiger partial charge >= 0.3 is 0 Å². The van der Waals surface area contributed by atoms with Crippen LogP contribution in [0, 0.1) is 12.8 Å². The van der Waals surface area contributed by atoms with Crippen molar-refractivity contribution in [2.24, 2.45) is 10.9 Å². The van der Waals surface area contributed by atoms with E-state index in [4.69, 9.17) is 0 Å². The second kappa shape index (κ2) is 7.78. The van der Waals surface area contributed by atoms with Crippen molar-refractivity contribution in [3.63, 3.8) is 0 Å². The summed E-state index contributed by atoms with van der Waals surface area (Å²) in [6.45, 7) is 6.68. The lowest BCUT2D eigenvalue weighted by atomic mass is 10.2. The van der Waals surface area contributed by atoms with Gasteiger partial charge in [-0.05, 0) is 18.9 Å². The molecule has 0 fully saturated rings. The van der Waals surface area contributed by atoms with Gasteiger partial charge in [0.05, 0.1) is 6.54 Å². The normalized spacial score (nSPS) is 13.2. The number of nitrogens with zero attached hydrogens (tertiary/aromatic N) is 4. The Kier molecular flexibility index (Phi) is 5.74. The molecule has 0 saturated carbocycles. The summed E-state index contributed by atoms with van der Waals surface area (Å²) in [4.78, 5) is 9.78. The van der Waals surface area contributed by atoms with E-state index < -0.39 is 0 Å². The first-order chi connectivity index (χ1) is 10.2. The number of hydrogen-bond acceptors (Lipinski definition) is 4. The molecule has 2 rings (SSSR count). The molecule has 0 spiro atoms. The predicted molar refractivity (Wildman–Crippen MR) is 86.4 cm³/mol. The fourth-order valence-electron chi connectivity index (χ4n) is 1.93. The first kappa shape index (κ1) is 15.5. The van der Waals surface area contributed by atoms with E-state index in [1.54, 1.807) is 24.6 Å². The molecule has 7 heteroatoms. The largest absolute Gasteiger partial charge is 0.356 e. The molecule has 0 aromatic carbocycles. The van der Waals surface area contributed by atoms with Gasteiger partial charge in [0.25, 0.3) is 0 Å². The number of rotatable bonds is 6. The average Bonchev–Trinajstić information content (AvgIpc) is 3.11. The molecule has 0 aliphatic heterocycles. The van der Waals surface area contributed by atoms with E-state index in [-0.39, 0.29) is 0 Å². The van der Waals surface area contributed by atoms with Gasteiger partial charge in [-0.2, -0.15) is 5.10 Å². The minimum absolute atomic E-state index is 0.463. The number of aromatic nitrogens is 3. The van der Waals surface area contributed by atoms with E-state index in [2.05, 4.69) is 39.6 Å². The highest BCUT2D eigenvalue weighted by molar-refractivity contribution is 7.11. The Morgan fingerprint density at radius 1 is 1.48 bits per heavy atom. The van der Waals surface area contributed by atoms with Crippen LogP contribution >= 0.6 is 11.3 Å². The van der Waals surface area contributed by atoms with Crippen molar-refractivity contribution in [2.75, 3.05) is 13.6 Å². The van der Waals surface area contributed by atoms with Crippen molar-refractivity contribution in [3.8, 4) is 0 Å². The van der Waals surface area contributed by atoms with E-state index in [1.807, 2.05) is 23.1 Å². The van der Waals surface area contributed by atoms with Crippen molar-refractivity contribution in [1.82, 2.24) is 25.4 Å². The number of guanidine groups is 1. The van der Waals surface area contributed by atoms with Crippen LogP contribution in [-0.2, 0) is 13.1 Å². The number of nitrogens with one attached hydrogen (secondary N) is 2. The maximum Gasteiger partial charge on any atom is 0.191 e. The first-order valence-corrected chi connectivity index (χ1v) is 7.82. The maximum absolute atomic E-state index is 4.33.